The van der Waals surface area contributed by atoms with Gasteiger partial charge in [0, 0.05) is 0 Å². The van der Waals surface area contributed by atoms with Crippen molar-refractivity contribution in [1.82, 2.24) is 0 Å². The van der Waals surface area contributed by atoms with Crippen LogP contribution in [-0.2, 0) is 10.1 Å². The van der Waals surface area contributed by atoms with E-state index in [2.05, 4.69) is 6.92 Å². The summed E-state index contributed by atoms with van der Waals surface area (Å²) < 4.78 is 31.5. The van der Waals surface area contributed by atoms with Crippen molar-refractivity contribution < 1.29 is 47.6 Å². The van der Waals surface area contributed by atoms with Gasteiger partial charge in [-0.05, 0) is 12.8 Å². The Hall–Kier alpha value is 0.870. The molecule has 134 valence electrons. The van der Waals surface area contributed by atoms with Crippen LogP contribution in [0.1, 0.15) is 103 Å². The minimum atomic E-state index is -4.52. The number of rotatable bonds is 16. The van der Waals surface area contributed by atoms with E-state index in [9.17, 15) is 13.0 Å². The maximum atomic E-state index is 10.5. The molecule has 1 atom stereocenters. The predicted octanol–water partition coefficient (Wildman–Crippen LogP) is 1.73. The molecule has 0 aliphatic carbocycles. The minimum absolute atomic E-state index is 0. The fourth-order valence-electron chi connectivity index (χ4n) is 2.66. The van der Waals surface area contributed by atoms with Crippen molar-refractivity contribution in [3.05, 3.63) is 0 Å². The van der Waals surface area contributed by atoms with Gasteiger partial charge in [-0.1, -0.05) is 90.4 Å². The first kappa shape index (κ1) is 26.1. The molecular weight excluding hydrogens is 323 g/mol. The Kier molecular flexibility index (Phi) is 20.1. The van der Waals surface area contributed by atoms with Crippen LogP contribution in [0.3, 0.4) is 0 Å². The molecule has 0 rings (SSSR count). The van der Waals surface area contributed by atoms with Gasteiger partial charge in [-0.2, -0.15) is 0 Å². The second kappa shape index (κ2) is 17.7. The van der Waals surface area contributed by atoms with Crippen LogP contribution in [0.25, 0.3) is 0 Å². The quantitative estimate of drug-likeness (QED) is 0.259. The average molecular weight is 359 g/mol. The van der Waals surface area contributed by atoms with Gasteiger partial charge in [-0.25, -0.2) is 8.42 Å². The molecule has 0 aromatic carbocycles. The summed E-state index contributed by atoms with van der Waals surface area (Å²) in [6.45, 7) is 2.24. The molecule has 4 nitrogen and oxygen atoms in total. The largest absolute Gasteiger partial charge is 1.00 e. The van der Waals surface area contributed by atoms with E-state index in [-0.39, 0.29) is 36.0 Å². The summed E-state index contributed by atoms with van der Waals surface area (Å²) in [6, 6.07) is 0. The molecule has 0 aliphatic heterocycles. The smallest absolute Gasteiger partial charge is 0.746 e. The molecule has 0 radical (unpaired) electrons. The first-order valence-corrected chi connectivity index (χ1v) is 10.6. The van der Waals surface area contributed by atoms with E-state index < -0.39 is 15.6 Å². The molecule has 0 saturated heterocycles. The molecule has 0 aliphatic rings. The van der Waals surface area contributed by atoms with Crippen LogP contribution in [0.2, 0.25) is 0 Å². The normalized spacial score (nSPS) is 12.8. The van der Waals surface area contributed by atoms with Gasteiger partial charge in [0.05, 0.1) is 0 Å². The van der Waals surface area contributed by atoms with Crippen LogP contribution in [0, 0.1) is 0 Å². The number of hydrogen-bond donors (Lipinski definition) is 1. The molecule has 0 aromatic rings. The molecule has 1 unspecified atom stereocenters. The van der Waals surface area contributed by atoms with Crippen LogP contribution < -0.4 is 29.6 Å². The number of aliphatic hydroxyl groups excluding tert-OH is 1. The van der Waals surface area contributed by atoms with Crippen LogP contribution in [0.15, 0.2) is 0 Å². The standard InChI is InChI=1S/C17H36O4S.Na/c1-2-3-4-5-6-7-8-9-10-11-12-13-14-15-16-17(18)22(19,20)21;/h17-18H,2-16H2,1H3,(H,19,20,21);/q;+1/p-1. The van der Waals surface area contributed by atoms with E-state index in [0.29, 0.717) is 6.42 Å². The van der Waals surface area contributed by atoms with Gasteiger partial charge in [-0.15, -0.1) is 0 Å². The minimum Gasteiger partial charge on any atom is -0.746 e. The van der Waals surface area contributed by atoms with Crippen molar-refractivity contribution in [2.75, 3.05) is 0 Å². The van der Waals surface area contributed by atoms with Crippen molar-refractivity contribution >= 4 is 10.1 Å². The Labute approximate surface area is 165 Å². The van der Waals surface area contributed by atoms with Gasteiger partial charge in [-0.3, -0.25) is 0 Å². The predicted molar refractivity (Wildman–Crippen MR) is 90.6 cm³/mol. The zero-order valence-electron chi connectivity index (χ0n) is 15.3. The zero-order valence-corrected chi connectivity index (χ0v) is 18.1. The number of hydrogen-bond acceptors (Lipinski definition) is 4. The molecule has 0 saturated carbocycles. The van der Waals surface area contributed by atoms with Crippen molar-refractivity contribution in [2.24, 2.45) is 0 Å². The van der Waals surface area contributed by atoms with Crippen molar-refractivity contribution in [2.45, 2.75) is 109 Å². The molecule has 1 N–H and O–H groups in total. The van der Waals surface area contributed by atoms with Crippen LogP contribution in [0.4, 0.5) is 0 Å². The summed E-state index contributed by atoms with van der Waals surface area (Å²) in [6.07, 6.45) is 17.2. The summed E-state index contributed by atoms with van der Waals surface area (Å²) in [5.74, 6) is 0. The molecule has 0 heterocycles. The second-order valence-electron chi connectivity index (χ2n) is 6.33. The van der Waals surface area contributed by atoms with E-state index in [1.54, 1.807) is 0 Å². The summed E-state index contributed by atoms with van der Waals surface area (Å²) in [7, 11) is -4.52. The molecular formula is C17H35NaO4S. The maximum absolute atomic E-state index is 10.5. The van der Waals surface area contributed by atoms with Gasteiger partial charge >= 0.3 is 29.6 Å². The Morgan fingerprint density at radius 3 is 1.35 bits per heavy atom. The number of unbranched alkanes of at least 4 members (excludes halogenated alkanes) is 13. The fraction of sp³-hybridized carbons (Fsp3) is 1.00. The van der Waals surface area contributed by atoms with Gasteiger partial charge in [0.1, 0.15) is 15.6 Å². The van der Waals surface area contributed by atoms with Gasteiger partial charge in [0.15, 0.2) is 0 Å². The Morgan fingerprint density at radius 2 is 1.04 bits per heavy atom. The van der Waals surface area contributed by atoms with Crippen molar-refractivity contribution in [3.8, 4) is 0 Å². The third kappa shape index (κ3) is 19.0. The molecule has 23 heavy (non-hydrogen) atoms. The third-order valence-electron chi connectivity index (χ3n) is 4.14. The summed E-state index contributed by atoms with van der Waals surface area (Å²) in [5.41, 5.74) is -1.72. The van der Waals surface area contributed by atoms with Crippen molar-refractivity contribution in [3.63, 3.8) is 0 Å². The summed E-state index contributed by atoms with van der Waals surface area (Å²) >= 11 is 0. The van der Waals surface area contributed by atoms with E-state index in [1.807, 2.05) is 0 Å². The third-order valence-corrected chi connectivity index (χ3v) is 5.04. The van der Waals surface area contributed by atoms with Gasteiger partial charge < -0.3 is 9.66 Å². The van der Waals surface area contributed by atoms with Gasteiger partial charge in [0.2, 0.25) is 0 Å². The monoisotopic (exact) mass is 358 g/mol. The molecule has 6 heteroatoms. The van der Waals surface area contributed by atoms with Gasteiger partial charge in [0.25, 0.3) is 0 Å². The van der Waals surface area contributed by atoms with E-state index >= 15 is 0 Å². The molecule has 0 amide bonds. The van der Waals surface area contributed by atoms with E-state index in [4.69, 9.17) is 5.11 Å². The van der Waals surface area contributed by atoms with Crippen LogP contribution in [-0.4, -0.2) is 23.5 Å². The fourth-order valence-corrected chi connectivity index (χ4v) is 3.11. The maximum Gasteiger partial charge on any atom is 1.00 e. The first-order valence-electron chi connectivity index (χ1n) is 9.11. The van der Waals surface area contributed by atoms with Crippen LogP contribution in [0.5, 0.6) is 0 Å². The molecule has 0 bridgehead atoms. The Balaban J connectivity index is 0. The summed E-state index contributed by atoms with van der Waals surface area (Å²) in [4.78, 5) is 0. The van der Waals surface area contributed by atoms with Crippen molar-refractivity contribution in [1.29, 1.82) is 0 Å². The molecule has 0 spiro atoms. The Bertz CT molecular complexity index is 333. The SMILES string of the molecule is CCCCCCCCCCCCCCCCC(O)S(=O)(=O)[O-].[Na+]. The number of aliphatic hydroxyl groups is 1. The molecule has 0 aromatic heterocycles. The average Bonchev–Trinajstić information content (AvgIpc) is 2.46. The Morgan fingerprint density at radius 1 is 0.739 bits per heavy atom. The van der Waals surface area contributed by atoms with E-state index in [1.165, 1.54) is 64.2 Å². The summed E-state index contributed by atoms with van der Waals surface area (Å²) in [5, 5.41) is 9.08. The molecule has 0 fully saturated rings. The van der Waals surface area contributed by atoms with Crippen LogP contribution >= 0.6 is 0 Å². The van der Waals surface area contributed by atoms with E-state index in [0.717, 1.165) is 19.3 Å². The second-order valence-corrected chi connectivity index (χ2v) is 7.86. The topological polar surface area (TPSA) is 77.4 Å². The first-order chi connectivity index (χ1) is 10.5. The zero-order chi connectivity index (χ0) is 16.7.